The molecule has 2 rings (SSSR count). The van der Waals surface area contributed by atoms with Crippen molar-refractivity contribution in [1.29, 1.82) is 0 Å². The van der Waals surface area contributed by atoms with Crippen LogP contribution in [0, 0.1) is 13.8 Å². The molecule has 2 heteroatoms. The van der Waals surface area contributed by atoms with E-state index in [1.807, 2.05) is 0 Å². The molecule has 0 radical (unpaired) electrons. The zero-order chi connectivity index (χ0) is 10.1. The molecular formula is C12H15NO. The lowest BCUT2D eigenvalue weighted by atomic mass is 10.1. The zero-order valence-electron chi connectivity index (χ0n) is 8.92. The van der Waals surface area contributed by atoms with E-state index in [1.165, 1.54) is 11.1 Å². The van der Waals surface area contributed by atoms with Gasteiger partial charge in [-0.3, -0.25) is 0 Å². The summed E-state index contributed by atoms with van der Waals surface area (Å²) in [6.45, 7) is 6.28. The van der Waals surface area contributed by atoms with Gasteiger partial charge in [-0.25, -0.2) is 4.98 Å². The van der Waals surface area contributed by atoms with Crippen LogP contribution >= 0.6 is 0 Å². The molecule has 0 fully saturated rings. The Morgan fingerprint density at radius 1 is 1.29 bits per heavy atom. The number of rotatable bonds is 2. The van der Waals surface area contributed by atoms with Crippen LogP contribution < -0.4 is 0 Å². The summed E-state index contributed by atoms with van der Waals surface area (Å²) in [5, 5.41) is 0. The minimum Gasteiger partial charge on any atom is -0.440 e. The number of fused-ring (bicyclic) bond motifs is 1. The highest BCUT2D eigenvalue weighted by Gasteiger charge is 2.07. The number of hydrogen-bond donors (Lipinski definition) is 0. The molecule has 1 heterocycles. The molecule has 0 aliphatic rings. The van der Waals surface area contributed by atoms with Crippen molar-refractivity contribution >= 4 is 11.1 Å². The molecule has 2 aromatic rings. The SMILES string of the molecule is CCCc1nc2cc(C)cc(C)c2o1. The smallest absolute Gasteiger partial charge is 0.195 e. The normalized spacial score (nSPS) is 11.1. The lowest BCUT2D eigenvalue weighted by molar-refractivity contribution is 0.524. The van der Waals surface area contributed by atoms with Gasteiger partial charge in [-0.2, -0.15) is 0 Å². The van der Waals surface area contributed by atoms with Crippen molar-refractivity contribution in [2.45, 2.75) is 33.6 Å². The highest BCUT2D eigenvalue weighted by molar-refractivity contribution is 5.77. The molecular weight excluding hydrogens is 174 g/mol. The Morgan fingerprint density at radius 2 is 2.07 bits per heavy atom. The molecule has 2 nitrogen and oxygen atoms in total. The lowest BCUT2D eigenvalue weighted by Crippen LogP contribution is -1.80. The fraction of sp³-hybridized carbons (Fsp3) is 0.417. The van der Waals surface area contributed by atoms with E-state index in [4.69, 9.17) is 4.42 Å². The summed E-state index contributed by atoms with van der Waals surface area (Å²) in [5.41, 5.74) is 4.35. The molecule has 0 amide bonds. The van der Waals surface area contributed by atoms with Gasteiger partial charge in [0.05, 0.1) is 0 Å². The van der Waals surface area contributed by atoms with E-state index in [1.54, 1.807) is 0 Å². The maximum absolute atomic E-state index is 5.68. The van der Waals surface area contributed by atoms with Gasteiger partial charge in [-0.05, 0) is 37.5 Å². The summed E-state index contributed by atoms with van der Waals surface area (Å²) < 4.78 is 5.68. The van der Waals surface area contributed by atoms with Crippen LogP contribution in [0.5, 0.6) is 0 Å². The van der Waals surface area contributed by atoms with Crippen molar-refractivity contribution in [2.75, 3.05) is 0 Å². The Morgan fingerprint density at radius 3 is 2.79 bits per heavy atom. The number of hydrogen-bond acceptors (Lipinski definition) is 2. The summed E-state index contributed by atoms with van der Waals surface area (Å²) in [6, 6.07) is 4.20. The Hall–Kier alpha value is -1.31. The van der Waals surface area contributed by atoms with Crippen LogP contribution in [-0.2, 0) is 6.42 Å². The van der Waals surface area contributed by atoms with Crippen molar-refractivity contribution in [3.05, 3.63) is 29.2 Å². The standard InChI is InChI=1S/C12H15NO/c1-4-5-11-13-10-7-8(2)6-9(3)12(10)14-11/h6-7H,4-5H2,1-3H3. The van der Waals surface area contributed by atoms with Gasteiger partial charge in [0.25, 0.3) is 0 Å². The van der Waals surface area contributed by atoms with Crippen LogP contribution in [0.3, 0.4) is 0 Å². The highest BCUT2D eigenvalue weighted by Crippen LogP contribution is 2.21. The predicted octanol–water partition coefficient (Wildman–Crippen LogP) is 3.40. The van der Waals surface area contributed by atoms with Crippen molar-refractivity contribution in [3.63, 3.8) is 0 Å². The van der Waals surface area contributed by atoms with E-state index in [-0.39, 0.29) is 0 Å². The average molecular weight is 189 g/mol. The molecule has 0 N–H and O–H groups in total. The summed E-state index contributed by atoms with van der Waals surface area (Å²) in [6.07, 6.45) is 2.00. The maximum Gasteiger partial charge on any atom is 0.195 e. The minimum absolute atomic E-state index is 0.858. The fourth-order valence-electron chi connectivity index (χ4n) is 1.74. The minimum atomic E-state index is 0.858. The second kappa shape index (κ2) is 3.45. The third-order valence-corrected chi connectivity index (χ3v) is 2.33. The van der Waals surface area contributed by atoms with E-state index in [0.717, 1.165) is 29.8 Å². The first-order valence-corrected chi connectivity index (χ1v) is 5.07. The summed E-state index contributed by atoms with van der Waals surface area (Å²) in [5.74, 6) is 0.858. The second-order valence-corrected chi connectivity index (χ2v) is 3.79. The predicted molar refractivity (Wildman–Crippen MR) is 57.5 cm³/mol. The largest absolute Gasteiger partial charge is 0.440 e. The first kappa shape index (κ1) is 9.25. The third kappa shape index (κ3) is 1.52. The molecule has 1 aromatic heterocycles. The number of aromatic nitrogens is 1. The fourth-order valence-corrected chi connectivity index (χ4v) is 1.74. The molecule has 14 heavy (non-hydrogen) atoms. The molecule has 1 aromatic carbocycles. The zero-order valence-corrected chi connectivity index (χ0v) is 8.92. The van der Waals surface area contributed by atoms with Crippen LogP contribution in [0.15, 0.2) is 16.5 Å². The van der Waals surface area contributed by atoms with Crippen molar-refractivity contribution < 1.29 is 4.42 Å². The molecule has 0 aliphatic heterocycles. The molecule has 0 saturated heterocycles. The Bertz CT molecular complexity index is 457. The van der Waals surface area contributed by atoms with Gasteiger partial charge in [0.1, 0.15) is 5.52 Å². The third-order valence-electron chi connectivity index (χ3n) is 2.33. The summed E-state index contributed by atoms with van der Waals surface area (Å²) in [7, 11) is 0. The number of aryl methyl sites for hydroxylation is 3. The van der Waals surface area contributed by atoms with Crippen LogP contribution in [0.2, 0.25) is 0 Å². The van der Waals surface area contributed by atoms with Gasteiger partial charge in [-0.1, -0.05) is 13.0 Å². The molecule has 0 atom stereocenters. The van der Waals surface area contributed by atoms with Crippen LogP contribution in [0.1, 0.15) is 30.4 Å². The quantitative estimate of drug-likeness (QED) is 0.723. The van der Waals surface area contributed by atoms with E-state index in [9.17, 15) is 0 Å². The number of benzene rings is 1. The van der Waals surface area contributed by atoms with E-state index in [0.29, 0.717) is 0 Å². The Labute approximate surface area is 84.0 Å². The second-order valence-electron chi connectivity index (χ2n) is 3.79. The number of oxazole rings is 1. The molecule has 0 unspecified atom stereocenters. The molecule has 74 valence electrons. The Balaban J connectivity index is 2.58. The number of nitrogens with zero attached hydrogens (tertiary/aromatic N) is 1. The van der Waals surface area contributed by atoms with Crippen LogP contribution in [-0.4, -0.2) is 4.98 Å². The van der Waals surface area contributed by atoms with Gasteiger partial charge in [0.15, 0.2) is 11.5 Å². The lowest BCUT2D eigenvalue weighted by Gasteiger charge is -1.94. The van der Waals surface area contributed by atoms with E-state index >= 15 is 0 Å². The molecule has 0 bridgehead atoms. The van der Waals surface area contributed by atoms with Gasteiger partial charge in [0, 0.05) is 6.42 Å². The average Bonchev–Trinajstić information content (AvgIpc) is 2.48. The highest BCUT2D eigenvalue weighted by atomic mass is 16.3. The monoisotopic (exact) mass is 189 g/mol. The summed E-state index contributed by atoms with van der Waals surface area (Å²) in [4.78, 5) is 4.46. The van der Waals surface area contributed by atoms with E-state index in [2.05, 4.69) is 37.9 Å². The first-order chi connectivity index (χ1) is 6.70. The van der Waals surface area contributed by atoms with Crippen molar-refractivity contribution in [2.24, 2.45) is 0 Å². The van der Waals surface area contributed by atoms with Gasteiger partial charge in [-0.15, -0.1) is 0 Å². The first-order valence-electron chi connectivity index (χ1n) is 5.07. The molecule has 0 saturated carbocycles. The summed E-state index contributed by atoms with van der Waals surface area (Å²) >= 11 is 0. The van der Waals surface area contributed by atoms with Gasteiger partial charge in [0.2, 0.25) is 0 Å². The topological polar surface area (TPSA) is 26.0 Å². The van der Waals surface area contributed by atoms with Gasteiger partial charge < -0.3 is 4.42 Å². The van der Waals surface area contributed by atoms with E-state index < -0.39 is 0 Å². The molecule has 0 aliphatic carbocycles. The van der Waals surface area contributed by atoms with Crippen molar-refractivity contribution in [1.82, 2.24) is 4.98 Å². The van der Waals surface area contributed by atoms with Crippen molar-refractivity contribution in [3.8, 4) is 0 Å². The van der Waals surface area contributed by atoms with Crippen LogP contribution in [0.25, 0.3) is 11.1 Å². The molecule has 0 spiro atoms. The van der Waals surface area contributed by atoms with Gasteiger partial charge >= 0.3 is 0 Å². The maximum atomic E-state index is 5.68. The van der Waals surface area contributed by atoms with Crippen LogP contribution in [0.4, 0.5) is 0 Å². The Kier molecular flexibility index (Phi) is 2.28.